The molecule has 1 heterocycles. The van der Waals surface area contributed by atoms with Crippen LogP contribution in [0.25, 0.3) is 0 Å². The minimum atomic E-state index is -3.46. The largest absolute Gasteiger partial charge is 0.468 e. The summed E-state index contributed by atoms with van der Waals surface area (Å²) < 4.78 is 32.5. The van der Waals surface area contributed by atoms with Gasteiger partial charge in [0, 0.05) is 17.9 Å². The first-order chi connectivity index (χ1) is 14.1. The molecule has 7 heteroatoms. The van der Waals surface area contributed by atoms with Crippen molar-refractivity contribution in [2.75, 3.05) is 31.4 Å². The number of anilines is 2. The molecule has 0 amide bonds. The number of carbonyl (C=O) groups is 1. The molecular weight excluding hydrogens is 402 g/mol. The molecule has 6 nitrogen and oxygen atoms in total. The van der Waals surface area contributed by atoms with E-state index in [0.29, 0.717) is 13.0 Å². The molecule has 0 saturated carbocycles. The number of ether oxygens (including phenoxy) is 1. The molecule has 0 unspecified atom stereocenters. The number of para-hydroxylation sites is 1. The quantitative estimate of drug-likeness (QED) is 0.378. The number of nitrogens with zero attached hydrogens (tertiary/aromatic N) is 1. The Bertz CT molecular complexity index is 1030. The molecule has 2 aromatic rings. The standard InChI is InChI=1S/C23H29NO5S/c1-23(2,22(25)28-3)19-13-12-18-11-10-17-8-5-6-9-20(17)24(21(18)16-19)14-7-15-29-30(4,26)27/h5-6,8-9,12-13,16H,7,10-11,14-15H2,1-4H3. The zero-order chi connectivity index (χ0) is 21.9. The predicted octanol–water partition coefficient (Wildman–Crippen LogP) is 3.74. The highest BCUT2D eigenvalue weighted by Gasteiger charge is 2.32. The maximum Gasteiger partial charge on any atom is 0.315 e. The molecule has 0 spiro atoms. The fourth-order valence-corrected chi connectivity index (χ4v) is 4.27. The third kappa shape index (κ3) is 4.84. The van der Waals surface area contributed by atoms with Crippen molar-refractivity contribution in [2.45, 2.75) is 38.5 Å². The Morgan fingerprint density at radius 3 is 2.40 bits per heavy atom. The van der Waals surface area contributed by atoms with Gasteiger partial charge >= 0.3 is 5.97 Å². The summed E-state index contributed by atoms with van der Waals surface area (Å²) in [6.45, 7) is 4.44. The van der Waals surface area contributed by atoms with Crippen LogP contribution in [-0.2, 0) is 42.1 Å². The first-order valence-electron chi connectivity index (χ1n) is 10.0. The molecule has 2 aromatic carbocycles. The van der Waals surface area contributed by atoms with E-state index in [1.54, 1.807) is 0 Å². The highest BCUT2D eigenvalue weighted by molar-refractivity contribution is 7.85. The van der Waals surface area contributed by atoms with Gasteiger partial charge in [-0.1, -0.05) is 30.3 Å². The summed E-state index contributed by atoms with van der Waals surface area (Å²) >= 11 is 0. The number of carbonyl (C=O) groups excluding carboxylic acids is 1. The van der Waals surface area contributed by atoms with Gasteiger partial charge < -0.3 is 9.64 Å². The molecular formula is C23H29NO5S. The summed E-state index contributed by atoms with van der Waals surface area (Å²) in [7, 11) is -2.06. The van der Waals surface area contributed by atoms with Crippen LogP contribution < -0.4 is 4.90 Å². The Kier molecular flexibility index (Phi) is 6.53. The lowest BCUT2D eigenvalue weighted by Gasteiger charge is -2.29. The molecule has 162 valence electrons. The lowest BCUT2D eigenvalue weighted by molar-refractivity contribution is -0.146. The smallest absolute Gasteiger partial charge is 0.315 e. The van der Waals surface area contributed by atoms with Crippen molar-refractivity contribution < 1.29 is 22.1 Å². The molecule has 0 aliphatic carbocycles. The maximum atomic E-state index is 12.3. The number of aryl methyl sites for hydroxylation is 2. The maximum absolute atomic E-state index is 12.3. The van der Waals surface area contributed by atoms with E-state index in [-0.39, 0.29) is 12.6 Å². The van der Waals surface area contributed by atoms with E-state index in [9.17, 15) is 13.2 Å². The molecule has 0 aromatic heterocycles. The van der Waals surface area contributed by atoms with E-state index in [1.165, 1.54) is 18.2 Å². The summed E-state index contributed by atoms with van der Waals surface area (Å²) in [6, 6.07) is 14.4. The van der Waals surface area contributed by atoms with Crippen LogP contribution in [0.15, 0.2) is 42.5 Å². The fourth-order valence-electron chi connectivity index (χ4n) is 3.85. The van der Waals surface area contributed by atoms with Gasteiger partial charge in [0.05, 0.1) is 25.4 Å². The zero-order valence-corrected chi connectivity index (χ0v) is 18.8. The summed E-state index contributed by atoms with van der Waals surface area (Å²) in [6.07, 6.45) is 3.41. The Balaban J connectivity index is 2.00. The molecule has 0 saturated heterocycles. The van der Waals surface area contributed by atoms with Crippen molar-refractivity contribution in [1.29, 1.82) is 0 Å². The number of benzene rings is 2. The van der Waals surface area contributed by atoms with E-state index >= 15 is 0 Å². The highest BCUT2D eigenvalue weighted by atomic mass is 32.2. The number of methoxy groups -OCH3 is 1. The number of rotatable bonds is 7. The molecule has 0 fully saturated rings. The van der Waals surface area contributed by atoms with Crippen LogP contribution in [0.4, 0.5) is 11.4 Å². The SMILES string of the molecule is COC(=O)C(C)(C)c1ccc2c(c1)N(CCCOS(C)(=O)=O)c1ccccc1CC2. The number of hydrogen-bond acceptors (Lipinski definition) is 6. The van der Waals surface area contributed by atoms with E-state index in [4.69, 9.17) is 8.92 Å². The molecule has 1 aliphatic rings. The Morgan fingerprint density at radius 2 is 1.73 bits per heavy atom. The average Bonchev–Trinajstić information content (AvgIpc) is 2.86. The first-order valence-corrected chi connectivity index (χ1v) is 11.9. The van der Waals surface area contributed by atoms with Gasteiger partial charge in [-0.3, -0.25) is 8.98 Å². The van der Waals surface area contributed by atoms with Gasteiger partial charge in [-0.2, -0.15) is 8.42 Å². The van der Waals surface area contributed by atoms with Crippen LogP contribution in [0.5, 0.6) is 0 Å². The summed E-state index contributed by atoms with van der Waals surface area (Å²) in [5.74, 6) is -0.287. The second-order valence-electron chi connectivity index (χ2n) is 8.12. The van der Waals surface area contributed by atoms with Crippen molar-refractivity contribution in [3.05, 3.63) is 59.2 Å². The van der Waals surface area contributed by atoms with Gasteiger partial charge in [-0.15, -0.1) is 0 Å². The van der Waals surface area contributed by atoms with Crippen LogP contribution >= 0.6 is 0 Å². The minimum absolute atomic E-state index is 0.125. The molecule has 0 radical (unpaired) electrons. The Labute approximate surface area is 178 Å². The molecule has 0 N–H and O–H groups in total. The van der Waals surface area contributed by atoms with Gasteiger partial charge in [-0.25, -0.2) is 0 Å². The van der Waals surface area contributed by atoms with Crippen molar-refractivity contribution >= 4 is 27.5 Å². The highest BCUT2D eigenvalue weighted by Crippen LogP contribution is 2.39. The summed E-state index contributed by atoms with van der Waals surface area (Å²) in [5, 5.41) is 0. The average molecular weight is 432 g/mol. The van der Waals surface area contributed by atoms with Gasteiger partial charge in [0.1, 0.15) is 0 Å². The normalized spacial score (nSPS) is 13.9. The topological polar surface area (TPSA) is 72.9 Å². The Morgan fingerprint density at radius 1 is 1.07 bits per heavy atom. The summed E-state index contributed by atoms with van der Waals surface area (Å²) in [4.78, 5) is 14.6. The zero-order valence-electron chi connectivity index (χ0n) is 18.0. The van der Waals surface area contributed by atoms with E-state index in [2.05, 4.69) is 29.2 Å². The fraction of sp³-hybridized carbons (Fsp3) is 0.435. The molecule has 0 bridgehead atoms. The van der Waals surface area contributed by atoms with Crippen LogP contribution in [0.2, 0.25) is 0 Å². The molecule has 30 heavy (non-hydrogen) atoms. The van der Waals surface area contributed by atoms with Crippen molar-refractivity contribution in [2.24, 2.45) is 0 Å². The summed E-state index contributed by atoms with van der Waals surface area (Å²) in [5.41, 5.74) is 4.68. The third-order valence-corrected chi connectivity index (χ3v) is 6.16. The predicted molar refractivity (Wildman–Crippen MR) is 118 cm³/mol. The van der Waals surface area contributed by atoms with Crippen LogP contribution in [0.3, 0.4) is 0 Å². The second-order valence-corrected chi connectivity index (χ2v) is 9.76. The third-order valence-electron chi connectivity index (χ3n) is 5.56. The van der Waals surface area contributed by atoms with Crippen LogP contribution in [0, 0.1) is 0 Å². The minimum Gasteiger partial charge on any atom is -0.468 e. The van der Waals surface area contributed by atoms with Crippen molar-refractivity contribution in [1.82, 2.24) is 0 Å². The van der Waals surface area contributed by atoms with Gasteiger partial charge in [0.25, 0.3) is 10.1 Å². The lowest BCUT2D eigenvalue weighted by Crippen LogP contribution is -2.30. The Hall–Kier alpha value is -2.38. The first kappa shape index (κ1) is 22.3. The molecule has 3 rings (SSSR count). The lowest BCUT2D eigenvalue weighted by atomic mass is 9.83. The monoisotopic (exact) mass is 431 g/mol. The van der Waals surface area contributed by atoms with E-state index in [0.717, 1.165) is 36.0 Å². The number of esters is 1. The van der Waals surface area contributed by atoms with Crippen LogP contribution in [-0.4, -0.2) is 40.9 Å². The molecule has 0 atom stereocenters. The second kappa shape index (κ2) is 8.78. The van der Waals surface area contributed by atoms with E-state index < -0.39 is 15.5 Å². The van der Waals surface area contributed by atoms with Gasteiger partial charge in [-0.05, 0) is 61.9 Å². The van der Waals surface area contributed by atoms with E-state index in [1.807, 2.05) is 32.0 Å². The number of hydrogen-bond donors (Lipinski definition) is 0. The number of fused-ring (bicyclic) bond motifs is 2. The van der Waals surface area contributed by atoms with Crippen molar-refractivity contribution in [3.63, 3.8) is 0 Å². The van der Waals surface area contributed by atoms with Gasteiger partial charge in [0.15, 0.2) is 0 Å². The van der Waals surface area contributed by atoms with Crippen LogP contribution in [0.1, 0.15) is 37.0 Å². The van der Waals surface area contributed by atoms with Crippen molar-refractivity contribution in [3.8, 4) is 0 Å². The van der Waals surface area contributed by atoms with Gasteiger partial charge in [0.2, 0.25) is 0 Å². The molecule has 1 aliphatic heterocycles.